The lowest BCUT2D eigenvalue weighted by Gasteiger charge is -2.27. The number of amides is 1. The maximum Gasteiger partial charge on any atom is 0.239 e. The lowest BCUT2D eigenvalue weighted by Crippen LogP contribution is -2.39. The van der Waals surface area contributed by atoms with Crippen molar-refractivity contribution in [1.82, 2.24) is 9.88 Å². The van der Waals surface area contributed by atoms with Crippen molar-refractivity contribution in [3.8, 4) is 11.5 Å². The van der Waals surface area contributed by atoms with E-state index in [0.29, 0.717) is 23.2 Å². The van der Waals surface area contributed by atoms with Crippen LogP contribution in [0.4, 0.5) is 5.13 Å². The number of benzene rings is 2. The van der Waals surface area contributed by atoms with Gasteiger partial charge in [0.15, 0.2) is 5.13 Å². The van der Waals surface area contributed by atoms with Gasteiger partial charge in [0.05, 0.1) is 33.2 Å². The average Bonchev–Trinajstić information content (AvgIpc) is 3.31. The lowest BCUT2D eigenvalue weighted by atomic mass is 10.3. The van der Waals surface area contributed by atoms with Crippen molar-refractivity contribution < 1.29 is 19.0 Å². The molecular weight excluding hydrogens is 458 g/mol. The summed E-state index contributed by atoms with van der Waals surface area (Å²) in [5.41, 5.74) is 0.721. The second-order valence-corrected chi connectivity index (χ2v) is 9.63. The quantitative estimate of drug-likeness (QED) is 0.398. The van der Waals surface area contributed by atoms with Gasteiger partial charge in [-0.2, -0.15) is 0 Å². The SMILES string of the molecule is COc1ccc(OC)c2sc(N(CCCN3CCOCC3)C(=O)CSc3ccccc3)nc12. The van der Waals surface area contributed by atoms with E-state index in [4.69, 9.17) is 19.2 Å². The summed E-state index contributed by atoms with van der Waals surface area (Å²) in [6.07, 6.45) is 0.867. The number of methoxy groups -OCH3 is 2. The van der Waals surface area contributed by atoms with Crippen molar-refractivity contribution in [1.29, 1.82) is 0 Å². The Balaban J connectivity index is 1.55. The van der Waals surface area contributed by atoms with Crippen LogP contribution in [-0.2, 0) is 9.53 Å². The van der Waals surface area contributed by atoms with Gasteiger partial charge >= 0.3 is 0 Å². The van der Waals surface area contributed by atoms with Crippen LogP contribution in [0.2, 0.25) is 0 Å². The van der Waals surface area contributed by atoms with E-state index in [-0.39, 0.29) is 5.91 Å². The summed E-state index contributed by atoms with van der Waals surface area (Å²) in [6.45, 7) is 4.95. The minimum atomic E-state index is 0.0443. The maximum atomic E-state index is 13.4. The highest BCUT2D eigenvalue weighted by Gasteiger charge is 2.23. The first kappa shape index (κ1) is 23.8. The molecule has 0 N–H and O–H groups in total. The molecule has 0 bridgehead atoms. The Morgan fingerprint density at radius 2 is 1.85 bits per heavy atom. The predicted molar refractivity (Wildman–Crippen MR) is 134 cm³/mol. The predicted octanol–water partition coefficient (Wildman–Crippen LogP) is 4.16. The zero-order chi connectivity index (χ0) is 23.0. The molecule has 1 aliphatic heterocycles. The van der Waals surface area contributed by atoms with Crippen LogP contribution >= 0.6 is 23.1 Å². The molecule has 1 aliphatic rings. The molecule has 33 heavy (non-hydrogen) atoms. The summed E-state index contributed by atoms with van der Waals surface area (Å²) in [6, 6.07) is 13.7. The number of thiazole rings is 1. The number of carbonyl (C=O) groups is 1. The van der Waals surface area contributed by atoms with Crippen LogP contribution in [0.15, 0.2) is 47.4 Å². The molecule has 2 heterocycles. The number of hydrogen-bond donors (Lipinski definition) is 0. The number of rotatable bonds is 10. The fraction of sp³-hybridized carbons (Fsp3) is 0.417. The lowest BCUT2D eigenvalue weighted by molar-refractivity contribution is -0.116. The summed E-state index contributed by atoms with van der Waals surface area (Å²) in [7, 11) is 3.27. The van der Waals surface area contributed by atoms with Gasteiger partial charge in [-0.15, -0.1) is 11.8 Å². The van der Waals surface area contributed by atoms with Gasteiger partial charge in [-0.3, -0.25) is 14.6 Å². The number of morpholine rings is 1. The Labute approximate surface area is 202 Å². The second-order valence-electron chi connectivity index (χ2n) is 7.60. The fourth-order valence-corrected chi connectivity index (χ4v) is 5.65. The van der Waals surface area contributed by atoms with E-state index in [1.165, 1.54) is 11.3 Å². The summed E-state index contributed by atoms with van der Waals surface area (Å²) in [5, 5.41) is 0.674. The molecule has 2 aromatic carbocycles. The van der Waals surface area contributed by atoms with Crippen LogP contribution < -0.4 is 14.4 Å². The zero-order valence-electron chi connectivity index (χ0n) is 19.0. The molecule has 7 nitrogen and oxygen atoms in total. The molecule has 1 fully saturated rings. The van der Waals surface area contributed by atoms with E-state index in [2.05, 4.69) is 4.90 Å². The highest BCUT2D eigenvalue weighted by molar-refractivity contribution is 8.00. The third-order valence-electron chi connectivity index (χ3n) is 5.50. The zero-order valence-corrected chi connectivity index (χ0v) is 20.6. The number of anilines is 1. The van der Waals surface area contributed by atoms with Crippen LogP contribution in [0.5, 0.6) is 11.5 Å². The average molecular weight is 488 g/mol. The van der Waals surface area contributed by atoms with E-state index < -0.39 is 0 Å². The molecular formula is C24H29N3O4S2. The molecule has 1 amide bonds. The Morgan fingerprint density at radius 3 is 2.58 bits per heavy atom. The number of thioether (sulfide) groups is 1. The van der Waals surface area contributed by atoms with Gasteiger partial charge in [-0.1, -0.05) is 29.5 Å². The Hall–Kier alpha value is -2.33. The van der Waals surface area contributed by atoms with Gasteiger partial charge in [0.1, 0.15) is 21.7 Å². The van der Waals surface area contributed by atoms with Crippen molar-refractivity contribution >= 4 is 44.4 Å². The van der Waals surface area contributed by atoms with Gasteiger partial charge in [0.2, 0.25) is 5.91 Å². The van der Waals surface area contributed by atoms with Crippen molar-refractivity contribution in [2.75, 3.05) is 64.3 Å². The molecule has 0 spiro atoms. The molecule has 0 aliphatic carbocycles. The van der Waals surface area contributed by atoms with Crippen LogP contribution in [-0.4, -0.2) is 75.2 Å². The van der Waals surface area contributed by atoms with E-state index in [9.17, 15) is 4.79 Å². The normalized spacial score (nSPS) is 14.4. The standard InChI is InChI=1S/C24H29N3O4S2/c1-29-19-9-10-20(30-2)23-22(19)25-24(33-23)27(12-6-11-26-13-15-31-16-14-26)21(28)17-32-18-7-4-3-5-8-18/h3-5,7-10H,6,11-17H2,1-2H3. The topological polar surface area (TPSA) is 64.1 Å². The first-order chi connectivity index (χ1) is 16.2. The van der Waals surface area contributed by atoms with Gasteiger partial charge in [0.25, 0.3) is 0 Å². The number of carbonyl (C=O) groups excluding carboxylic acids is 1. The Kier molecular flexibility index (Phi) is 8.44. The third kappa shape index (κ3) is 5.97. The van der Waals surface area contributed by atoms with E-state index in [1.54, 1.807) is 26.0 Å². The number of ether oxygens (including phenoxy) is 3. The first-order valence-electron chi connectivity index (χ1n) is 11.0. The van der Waals surface area contributed by atoms with Gasteiger partial charge < -0.3 is 14.2 Å². The van der Waals surface area contributed by atoms with Gasteiger partial charge in [-0.05, 0) is 30.7 Å². The Morgan fingerprint density at radius 1 is 1.12 bits per heavy atom. The van der Waals surface area contributed by atoms with E-state index in [1.807, 2.05) is 47.4 Å². The molecule has 3 aromatic rings. The highest BCUT2D eigenvalue weighted by Crippen LogP contribution is 2.40. The number of aromatic nitrogens is 1. The molecule has 0 unspecified atom stereocenters. The van der Waals surface area contributed by atoms with Crippen molar-refractivity contribution in [2.24, 2.45) is 0 Å². The van der Waals surface area contributed by atoms with Crippen molar-refractivity contribution in [3.05, 3.63) is 42.5 Å². The molecule has 0 radical (unpaired) electrons. The smallest absolute Gasteiger partial charge is 0.239 e. The molecule has 4 rings (SSSR count). The molecule has 9 heteroatoms. The highest BCUT2D eigenvalue weighted by atomic mass is 32.2. The summed E-state index contributed by atoms with van der Waals surface area (Å²) in [5.74, 6) is 1.80. The van der Waals surface area contributed by atoms with Gasteiger partial charge in [0, 0.05) is 31.1 Å². The third-order valence-corrected chi connectivity index (χ3v) is 7.59. The molecule has 1 saturated heterocycles. The van der Waals surface area contributed by atoms with Crippen LogP contribution in [0.3, 0.4) is 0 Å². The van der Waals surface area contributed by atoms with Crippen LogP contribution in [0.1, 0.15) is 6.42 Å². The largest absolute Gasteiger partial charge is 0.495 e. The van der Waals surface area contributed by atoms with Crippen LogP contribution in [0.25, 0.3) is 10.2 Å². The molecule has 1 aromatic heterocycles. The van der Waals surface area contributed by atoms with Crippen LogP contribution in [0, 0.1) is 0 Å². The molecule has 0 atom stereocenters. The summed E-state index contributed by atoms with van der Waals surface area (Å²) < 4.78 is 17.4. The first-order valence-corrected chi connectivity index (χ1v) is 12.8. The summed E-state index contributed by atoms with van der Waals surface area (Å²) >= 11 is 3.01. The number of nitrogens with zero attached hydrogens (tertiary/aromatic N) is 3. The maximum absolute atomic E-state index is 13.4. The van der Waals surface area contributed by atoms with Gasteiger partial charge in [-0.25, -0.2) is 4.98 Å². The van der Waals surface area contributed by atoms with E-state index in [0.717, 1.165) is 60.1 Å². The second kappa shape index (κ2) is 11.7. The van der Waals surface area contributed by atoms with E-state index >= 15 is 0 Å². The monoisotopic (exact) mass is 487 g/mol. The number of fused-ring (bicyclic) bond motifs is 1. The molecule has 0 saturated carbocycles. The summed E-state index contributed by atoms with van der Waals surface area (Å²) in [4.78, 5) is 23.4. The minimum Gasteiger partial charge on any atom is -0.495 e. The van der Waals surface area contributed by atoms with Crippen molar-refractivity contribution in [3.63, 3.8) is 0 Å². The Bertz CT molecular complexity index is 1010. The minimum absolute atomic E-state index is 0.0443. The molecule has 176 valence electrons. The van der Waals surface area contributed by atoms with Crippen molar-refractivity contribution in [2.45, 2.75) is 11.3 Å². The number of hydrogen-bond acceptors (Lipinski definition) is 8. The fourth-order valence-electron chi connectivity index (χ4n) is 3.73.